The number of nitro benzene ring substituents is 1. The largest absolute Gasteiger partial charge is 0.508 e. The number of carbonyl (C=O) groups is 1. The monoisotopic (exact) mass is 491 g/mol. The molecule has 0 bridgehead atoms. The fraction of sp³-hybridized carbons (Fsp3) is 0.259. The van der Waals surface area contributed by atoms with E-state index in [2.05, 4.69) is 10.5 Å². The fourth-order valence-corrected chi connectivity index (χ4v) is 3.39. The maximum absolute atomic E-state index is 12.2. The second kappa shape index (κ2) is 10.9. The first-order valence-electron chi connectivity index (χ1n) is 11.3. The second-order valence-corrected chi connectivity index (χ2v) is 9.27. The van der Waals surface area contributed by atoms with Gasteiger partial charge in [-0.25, -0.2) is 4.79 Å². The van der Waals surface area contributed by atoms with E-state index in [1.807, 2.05) is 24.3 Å². The molecule has 0 fully saturated rings. The third kappa shape index (κ3) is 7.05. The summed E-state index contributed by atoms with van der Waals surface area (Å²) in [4.78, 5) is 28.0. The van der Waals surface area contributed by atoms with E-state index in [1.165, 1.54) is 12.1 Å². The van der Waals surface area contributed by atoms with Crippen molar-refractivity contribution in [2.45, 2.75) is 46.8 Å². The van der Waals surface area contributed by atoms with E-state index < -0.39 is 16.6 Å². The normalized spacial score (nSPS) is 11.6. The maximum Gasteiger partial charge on any atom is 0.412 e. The Morgan fingerprint density at radius 2 is 1.81 bits per heavy atom. The van der Waals surface area contributed by atoms with Crippen molar-refractivity contribution >= 4 is 23.2 Å². The molecule has 3 rings (SSSR count). The van der Waals surface area contributed by atoms with Crippen LogP contribution in [0, 0.1) is 17.0 Å². The third-order valence-electron chi connectivity index (χ3n) is 5.12. The highest BCUT2D eigenvalue weighted by molar-refractivity contribution is 6.05. The van der Waals surface area contributed by atoms with Crippen LogP contribution in [0.25, 0.3) is 11.1 Å². The van der Waals surface area contributed by atoms with Gasteiger partial charge in [-0.1, -0.05) is 17.3 Å². The standard InChI is InChI=1S/C27H29N3O6/c1-17-13-24(20-7-6-8-21(14-20)28-26(32)36-27(3,4)5)23(15-25(17)31)18(2)29-35-16-19-9-11-22(12-10-19)30(33)34/h6-15,31H,16H2,1-5H3,(H,28,32)/b29-18+. The Kier molecular flexibility index (Phi) is 7.93. The number of anilines is 1. The number of aryl methyl sites for hydroxylation is 1. The predicted molar refractivity (Wildman–Crippen MR) is 138 cm³/mol. The topological polar surface area (TPSA) is 123 Å². The Hall–Kier alpha value is -4.40. The van der Waals surface area contributed by atoms with Crippen LogP contribution in [0.3, 0.4) is 0 Å². The van der Waals surface area contributed by atoms with Gasteiger partial charge in [-0.3, -0.25) is 15.4 Å². The third-order valence-corrected chi connectivity index (χ3v) is 5.12. The highest BCUT2D eigenvalue weighted by Gasteiger charge is 2.17. The summed E-state index contributed by atoms with van der Waals surface area (Å²) in [6.45, 7) is 9.05. The number of aromatic hydroxyl groups is 1. The molecule has 0 radical (unpaired) electrons. The lowest BCUT2D eigenvalue weighted by Gasteiger charge is -2.20. The van der Waals surface area contributed by atoms with Crippen molar-refractivity contribution in [3.05, 3.63) is 87.5 Å². The summed E-state index contributed by atoms with van der Waals surface area (Å²) in [6, 6.07) is 16.8. The average molecular weight is 492 g/mol. The molecule has 1 amide bonds. The molecule has 0 unspecified atom stereocenters. The van der Waals surface area contributed by atoms with Crippen molar-refractivity contribution in [1.82, 2.24) is 0 Å². The van der Waals surface area contributed by atoms with E-state index >= 15 is 0 Å². The zero-order valence-corrected chi connectivity index (χ0v) is 20.9. The zero-order valence-electron chi connectivity index (χ0n) is 20.9. The van der Waals surface area contributed by atoms with E-state index in [0.717, 1.165) is 16.7 Å². The van der Waals surface area contributed by atoms with Crippen LogP contribution in [0.2, 0.25) is 0 Å². The number of amides is 1. The summed E-state index contributed by atoms with van der Waals surface area (Å²) in [5, 5.41) is 28.1. The van der Waals surface area contributed by atoms with Crippen molar-refractivity contribution in [2.24, 2.45) is 5.16 Å². The summed E-state index contributed by atoms with van der Waals surface area (Å²) in [7, 11) is 0. The Morgan fingerprint density at radius 3 is 2.44 bits per heavy atom. The molecular weight excluding hydrogens is 462 g/mol. The minimum absolute atomic E-state index is 0.00148. The quantitative estimate of drug-likeness (QED) is 0.219. The molecule has 188 valence electrons. The van der Waals surface area contributed by atoms with Gasteiger partial charge in [0.15, 0.2) is 0 Å². The van der Waals surface area contributed by atoms with Gasteiger partial charge < -0.3 is 14.7 Å². The molecule has 3 aromatic rings. The lowest BCUT2D eigenvalue weighted by molar-refractivity contribution is -0.384. The molecular formula is C27H29N3O6. The van der Waals surface area contributed by atoms with Crippen LogP contribution in [0.15, 0.2) is 65.8 Å². The first-order valence-corrected chi connectivity index (χ1v) is 11.3. The number of phenolic OH excluding ortho intramolecular Hbond substituents is 1. The number of phenols is 1. The number of hydrogen-bond donors (Lipinski definition) is 2. The number of non-ortho nitro benzene ring substituents is 1. The SMILES string of the molecule is C/C(=N\OCc1ccc([N+](=O)[O-])cc1)c1cc(O)c(C)cc1-c1cccc(NC(=O)OC(C)(C)C)c1. The van der Waals surface area contributed by atoms with Gasteiger partial charge in [-0.05, 0) is 93.3 Å². The molecule has 3 aromatic carbocycles. The highest BCUT2D eigenvalue weighted by Crippen LogP contribution is 2.32. The first kappa shape index (κ1) is 26.2. The predicted octanol–water partition coefficient (Wildman–Crippen LogP) is 6.56. The number of nitro groups is 1. The number of rotatable bonds is 7. The smallest absolute Gasteiger partial charge is 0.412 e. The number of benzene rings is 3. The molecule has 2 N–H and O–H groups in total. The second-order valence-electron chi connectivity index (χ2n) is 9.27. The van der Waals surface area contributed by atoms with Crippen LogP contribution in [0.4, 0.5) is 16.2 Å². The summed E-state index contributed by atoms with van der Waals surface area (Å²) >= 11 is 0. The highest BCUT2D eigenvalue weighted by atomic mass is 16.6. The van der Waals surface area contributed by atoms with Gasteiger partial charge >= 0.3 is 6.09 Å². The van der Waals surface area contributed by atoms with Crippen molar-refractivity contribution in [3.8, 4) is 16.9 Å². The van der Waals surface area contributed by atoms with E-state index in [1.54, 1.807) is 58.9 Å². The van der Waals surface area contributed by atoms with Gasteiger partial charge in [0, 0.05) is 23.4 Å². The molecule has 0 aromatic heterocycles. The molecule has 0 aliphatic heterocycles. The Morgan fingerprint density at radius 1 is 1.11 bits per heavy atom. The van der Waals surface area contributed by atoms with Gasteiger partial charge in [-0.2, -0.15) is 0 Å². The lowest BCUT2D eigenvalue weighted by atomic mass is 9.94. The number of nitrogens with one attached hydrogen (secondary N) is 1. The number of carbonyl (C=O) groups excluding carboxylic acids is 1. The van der Waals surface area contributed by atoms with E-state index in [-0.39, 0.29) is 18.0 Å². The average Bonchev–Trinajstić information content (AvgIpc) is 2.79. The summed E-state index contributed by atoms with van der Waals surface area (Å²) in [6.07, 6.45) is -0.556. The van der Waals surface area contributed by atoms with Crippen molar-refractivity contribution < 1.29 is 24.4 Å². The van der Waals surface area contributed by atoms with Gasteiger partial charge in [0.2, 0.25) is 0 Å². The molecule has 9 nitrogen and oxygen atoms in total. The zero-order chi connectivity index (χ0) is 26.5. The van der Waals surface area contributed by atoms with E-state index in [4.69, 9.17) is 9.57 Å². The van der Waals surface area contributed by atoms with Gasteiger partial charge in [0.1, 0.15) is 18.0 Å². The number of oxime groups is 1. The Labute approximate surface area is 209 Å². The van der Waals surface area contributed by atoms with Crippen molar-refractivity contribution in [3.63, 3.8) is 0 Å². The van der Waals surface area contributed by atoms with E-state index in [9.17, 15) is 20.0 Å². The molecule has 36 heavy (non-hydrogen) atoms. The summed E-state index contributed by atoms with van der Waals surface area (Å²) in [5.41, 5.74) is 4.10. The summed E-state index contributed by atoms with van der Waals surface area (Å²) in [5.74, 6) is 0.113. The Bertz CT molecular complexity index is 1290. The van der Waals surface area contributed by atoms with Crippen LogP contribution >= 0.6 is 0 Å². The Balaban J connectivity index is 1.84. The minimum atomic E-state index is -0.620. The maximum atomic E-state index is 12.2. The number of ether oxygens (including phenoxy) is 1. The lowest BCUT2D eigenvalue weighted by Crippen LogP contribution is -2.27. The molecule has 9 heteroatoms. The van der Waals surface area contributed by atoms with Gasteiger partial charge in [0.25, 0.3) is 5.69 Å². The fourth-order valence-electron chi connectivity index (χ4n) is 3.39. The molecule has 0 aliphatic carbocycles. The van der Waals surface area contributed by atoms with Crippen molar-refractivity contribution in [1.29, 1.82) is 0 Å². The van der Waals surface area contributed by atoms with Crippen molar-refractivity contribution in [2.75, 3.05) is 5.32 Å². The van der Waals surface area contributed by atoms with Crippen LogP contribution in [0.1, 0.15) is 44.4 Å². The molecule has 0 saturated carbocycles. The molecule has 0 atom stereocenters. The van der Waals surface area contributed by atoms with Crippen LogP contribution in [-0.2, 0) is 16.2 Å². The first-order chi connectivity index (χ1) is 16.9. The van der Waals surface area contributed by atoms with E-state index in [0.29, 0.717) is 22.5 Å². The number of hydrogen-bond acceptors (Lipinski definition) is 7. The molecule has 0 aliphatic rings. The summed E-state index contributed by atoms with van der Waals surface area (Å²) < 4.78 is 5.33. The minimum Gasteiger partial charge on any atom is -0.508 e. The van der Waals surface area contributed by atoms with Crippen LogP contribution in [-0.4, -0.2) is 27.4 Å². The van der Waals surface area contributed by atoms with Gasteiger partial charge in [0.05, 0.1) is 10.6 Å². The van der Waals surface area contributed by atoms with Crippen LogP contribution < -0.4 is 5.32 Å². The van der Waals surface area contributed by atoms with Crippen LogP contribution in [0.5, 0.6) is 5.75 Å². The number of nitrogens with zero attached hydrogens (tertiary/aromatic N) is 2. The molecule has 0 heterocycles. The van der Waals surface area contributed by atoms with Gasteiger partial charge in [-0.15, -0.1) is 0 Å². The molecule has 0 spiro atoms. The molecule has 0 saturated heterocycles.